The molecule has 0 spiro atoms. The van der Waals surface area contributed by atoms with Crippen molar-refractivity contribution in [1.29, 1.82) is 0 Å². The Bertz CT molecular complexity index is 1060. The van der Waals surface area contributed by atoms with Crippen molar-refractivity contribution in [2.45, 2.75) is 0 Å². The van der Waals surface area contributed by atoms with Crippen LogP contribution in [0.1, 0.15) is 21.5 Å². The number of carbonyl (C=O) groups excluding carboxylic acids is 1. The average molecular weight is 389 g/mol. The molecule has 6 heteroatoms. The number of hydrogen-bond donors (Lipinski definition) is 3. The van der Waals surface area contributed by atoms with E-state index in [1.54, 1.807) is 25.3 Å². The monoisotopic (exact) mass is 389 g/mol. The summed E-state index contributed by atoms with van der Waals surface area (Å²) < 4.78 is 5.16. The zero-order chi connectivity index (χ0) is 20.8. The number of carboxylic acids is 1. The molecule has 0 bridgehead atoms. The molecule has 0 aliphatic carbocycles. The van der Waals surface area contributed by atoms with E-state index < -0.39 is 11.9 Å². The molecular formula is C23H19NO5. The maximum atomic E-state index is 13.0. The van der Waals surface area contributed by atoms with Crippen molar-refractivity contribution in [2.75, 3.05) is 12.4 Å². The Morgan fingerprint density at radius 2 is 1.62 bits per heavy atom. The molecule has 3 N–H and O–H groups in total. The zero-order valence-electron chi connectivity index (χ0n) is 15.6. The van der Waals surface area contributed by atoms with E-state index in [4.69, 9.17) is 9.84 Å². The highest BCUT2D eigenvalue weighted by Crippen LogP contribution is 2.27. The van der Waals surface area contributed by atoms with E-state index in [0.717, 1.165) is 11.6 Å². The Morgan fingerprint density at radius 1 is 0.931 bits per heavy atom. The van der Waals surface area contributed by atoms with Gasteiger partial charge in [0.2, 0.25) is 0 Å². The summed E-state index contributed by atoms with van der Waals surface area (Å²) in [4.78, 5) is 24.0. The molecule has 3 aromatic carbocycles. The minimum Gasteiger partial charge on any atom is -0.506 e. The normalized spacial score (nSPS) is 11.0. The SMILES string of the molecule is COc1ccc(/C=C(/C(=O)Nc2ccc(C(=O)O)cc2O)c2ccccc2)cc1. The third kappa shape index (κ3) is 4.81. The molecule has 146 valence electrons. The molecule has 0 aliphatic rings. The number of rotatable bonds is 6. The molecule has 0 radical (unpaired) electrons. The first-order valence-electron chi connectivity index (χ1n) is 8.77. The summed E-state index contributed by atoms with van der Waals surface area (Å²) in [6, 6.07) is 20.1. The second-order valence-corrected chi connectivity index (χ2v) is 6.19. The first kappa shape index (κ1) is 19.7. The summed E-state index contributed by atoms with van der Waals surface area (Å²) in [5, 5.41) is 21.7. The van der Waals surface area contributed by atoms with Crippen LogP contribution < -0.4 is 10.1 Å². The Balaban J connectivity index is 1.95. The number of methoxy groups -OCH3 is 1. The summed E-state index contributed by atoms with van der Waals surface area (Å²) in [5.74, 6) is -1.22. The number of anilines is 1. The highest BCUT2D eigenvalue weighted by atomic mass is 16.5. The van der Waals surface area contributed by atoms with Crippen LogP contribution in [0.4, 0.5) is 5.69 Å². The summed E-state index contributed by atoms with van der Waals surface area (Å²) in [5.41, 5.74) is 1.93. The second kappa shape index (κ2) is 8.75. The van der Waals surface area contributed by atoms with Gasteiger partial charge in [-0.1, -0.05) is 42.5 Å². The number of benzene rings is 3. The lowest BCUT2D eigenvalue weighted by atomic mass is 10.0. The third-order valence-corrected chi connectivity index (χ3v) is 4.25. The fraction of sp³-hybridized carbons (Fsp3) is 0.0435. The van der Waals surface area contributed by atoms with Crippen LogP contribution in [0, 0.1) is 0 Å². The van der Waals surface area contributed by atoms with E-state index in [1.165, 1.54) is 12.1 Å². The predicted molar refractivity (Wildman–Crippen MR) is 111 cm³/mol. The van der Waals surface area contributed by atoms with Gasteiger partial charge in [-0.15, -0.1) is 0 Å². The van der Waals surface area contributed by atoms with Gasteiger partial charge in [0.05, 0.1) is 18.4 Å². The standard InChI is InChI=1S/C23H19NO5/c1-29-18-10-7-15(8-11-18)13-19(16-5-3-2-4-6-16)22(26)24-20-12-9-17(23(27)28)14-21(20)25/h2-14,25H,1H3,(H,24,26)(H,27,28)/b19-13+. The van der Waals surface area contributed by atoms with Crippen molar-refractivity contribution in [2.24, 2.45) is 0 Å². The number of phenols is 1. The molecule has 3 rings (SSSR count). The van der Waals surface area contributed by atoms with E-state index >= 15 is 0 Å². The quantitative estimate of drug-likeness (QED) is 0.332. The summed E-state index contributed by atoms with van der Waals surface area (Å²) >= 11 is 0. The number of hydrogen-bond acceptors (Lipinski definition) is 4. The first-order chi connectivity index (χ1) is 14.0. The minimum absolute atomic E-state index is 0.0717. The van der Waals surface area contributed by atoms with Gasteiger partial charge >= 0.3 is 5.97 Å². The first-order valence-corrected chi connectivity index (χ1v) is 8.77. The summed E-state index contributed by atoms with van der Waals surface area (Å²) in [7, 11) is 1.58. The molecule has 0 saturated heterocycles. The van der Waals surface area contributed by atoms with Crippen LogP contribution in [-0.2, 0) is 4.79 Å². The lowest BCUT2D eigenvalue weighted by Gasteiger charge is -2.11. The van der Waals surface area contributed by atoms with Gasteiger partial charge in [0.15, 0.2) is 0 Å². The molecular weight excluding hydrogens is 370 g/mol. The van der Waals surface area contributed by atoms with Crippen molar-refractivity contribution in [3.8, 4) is 11.5 Å². The Hall–Kier alpha value is -4.06. The van der Waals surface area contributed by atoms with Crippen LogP contribution in [0.5, 0.6) is 11.5 Å². The average Bonchev–Trinajstić information content (AvgIpc) is 2.74. The van der Waals surface area contributed by atoms with Crippen LogP contribution in [0.25, 0.3) is 11.6 Å². The van der Waals surface area contributed by atoms with Crippen molar-refractivity contribution in [1.82, 2.24) is 0 Å². The van der Waals surface area contributed by atoms with Crippen molar-refractivity contribution < 1.29 is 24.5 Å². The number of carbonyl (C=O) groups is 2. The van der Waals surface area contributed by atoms with E-state index in [0.29, 0.717) is 16.9 Å². The number of aromatic hydroxyl groups is 1. The summed E-state index contributed by atoms with van der Waals surface area (Å²) in [6.45, 7) is 0. The third-order valence-electron chi connectivity index (χ3n) is 4.25. The predicted octanol–water partition coefficient (Wildman–Crippen LogP) is 4.28. The van der Waals surface area contributed by atoms with Gasteiger partial charge < -0.3 is 20.3 Å². The van der Waals surface area contributed by atoms with E-state index in [-0.39, 0.29) is 17.0 Å². The number of phenolic OH excluding ortho intramolecular Hbond substituents is 1. The van der Waals surface area contributed by atoms with Crippen molar-refractivity contribution in [3.05, 3.63) is 89.5 Å². The Labute approximate surface area is 167 Å². The molecule has 1 amide bonds. The van der Waals surface area contributed by atoms with Crippen LogP contribution in [0.2, 0.25) is 0 Å². The lowest BCUT2D eigenvalue weighted by molar-refractivity contribution is -0.111. The van der Waals surface area contributed by atoms with Gasteiger partial charge in [-0.2, -0.15) is 0 Å². The Morgan fingerprint density at radius 3 is 2.21 bits per heavy atom. The van der Waals surface area contributed by atoms with Crippen LogP contribution in [0.3, 0.4) is 0 Å². The van der Waals surface area contributed by atoms with Gasteiger partial charge in [0.1, 0.15) is 11.5 Å². The van der Waals surface area contributed by atoms with E-state index in [2.05, 4.69) is 5.32 Å². The molecule has 0 unspecified atom stereocenters. The molecule has 29 heavy (non-hydrogen) atoms. The molecule has 0 aliphatic heterocycles. The van der Waals surface area contributed by atoms with E-state index in [1.807, 2.05) is 42.5 Å². The van der Waals surface area contributed by atoms with Gasteiger partial charge in [-0.25, -0.2) is 4.79 Å². The van der Waals surface area contributed by atoms with Crippen LogP contribution >= 0.6 is 0 Å². The molecule has 6 nitrogen and oxygen atoms in total. The Kier molecular flexibility index (Phi) is 5.94. The number of amides is 1. The topological polar surface area (TPSA) is 95.9 Å². The van der Waals surface area contributed by atoms with Gasteiger partial charge in [0.25, 0.3) is 5.91 Å². The largest absolute Gasteiger partial charge is 0.506 e. The zero-order valence-corrected chi connectivity index (χ0v) is 15.6. The lowest BCUT2D eigenvalue weighted by Crippen LogP contribution is -2.14. The maximum absolute atomic E-state index is 13.0. The fourth-order valence-electron chi connectivity index (χ4n) is 2.72. The highest BCUT2D eigenvalue weighted by Gasteiger charge is 2.15. The number of nitrogens with one attached hydrogen (secondary N) is 1. The smallest absolute Gasteiger partial charge is 0.335 e. The number of aromatic carboxylic acids is 1. The van der Waals surface area contributed by atoms with Gasteiger partial charge in [0, 0.05) is 5.57 Å². The van der Waals surface area contributed by atoms with Crippen LogP contribution in [-0.4, -0.2) is 29.2 Å². The fourth-order valence-corrected chi connectivity index (χ4v) is 2.72. The molecule has 0 aromatic heterocycles. The maximum Gasteiger partial charge on any atom is 0.335 e. The molecule has 0 atom stereocenters. The number of ether oxygens (including phenoxy) is 1. The summed E-state index contributed by atoms with van der Waals surface area (Å²) in [6.07, 6.45) is 1.73. The molecule has 0 fully saturated rings. The van der Waals surface area contributed by atoms with E-state index in [9.17, 15) is 14.7 Å². The van der Waals surface area contributed by atoms with Gasteiger partial charge in [-0.3, -0.25) is 4.79 Å². The number of carboxylic acid groups (broad SMARTS) is 1. The van der Waals surface area contributed by atoms with Crippen LogP contribution in [0.15, 0.2) is 72.8 Å². The van der Waals surface area contributed by atoms with Crippen molar-refractivity contribution >= 4 is 29.2 Å². The highest BCUT2D eigenvalue weighted by molar-refractivity contribution is 6.29. The second-order valence-electron chi connectivity index (χ2n) is 6.19. The van der Waals surface area contributed by atoms with Crippen molar-refractivity contribution in [3.63, 3.8) is 0 Å². The van der Waals surface area contributed by atoms with Gasteiger partial charge in [-0.05, 0) is 47.5 Å². The molecule has 0 heterocycles. The molecule has 3 aromatic rings. The molecule has 0 saturated carbocycles. The minimum atomic E-state index is -1.16.